The molecule has 4 rings (SSSR count). The Morgan fingerprint density at radius 3 is 2.96 bits per heavy atom. The Kier molecular flexibility index (Phi) is 4.70. The molecule has 1 aromatic carbocycles. The van der Waals surface area contributed by atoms with Crippen molar-refractivity contribution in [1.29, 1.82) is 0 Å². The van der Waals surface area contributed by atoms with Crippen molar-refractivity contribution in [2.75, 3.05) is 13.1 Å². The summed E-state index contributed by atoms with van der Waals surface area (Å²) < 4.78 is 5.82. The van der Waals surface area contributed by atoms with E-state index in [-0.39, 0.29) is 0 Å². The van der Waals surface area contributed by atoms with E-state index in [9.17, 15) is 0 Å². The smallest absolute Gasteiger partial charge is 0.238 e. The fraction of sp³-hybridized carbons (Fsp3) is 0.316. The van der Waals surface area contributed by atoms with Crippen molar-refractivity contribution in [3.63, 3.8) is 0 Å². The summed E-state index contributed by atoms with van der Waals surface area (Å²) in [6.07, 6.45) is 9.47. The Morgan fingerprint density at radius 1 is 1.20 bits per heavy atom. The van der Waals surface area contributed by atoms with Crippen LogP contribution < -0.4 is 4.74 Å². The van der Waals surface area contributed by atoms with Crippen molar-refractivity contribution in [3.05, 3.63) is 66.6 Å². The molecule has 1 fully saturated rings. The zero-order valence-corrected chi connectivity index (χ0v) is 14.0. The molecular weight excluding hydrogens is 314 g/mol. The van der Waals surface area contributed by atoms with Gasteiger partial charge in [0.25, 0.3) is 0 Å². The molecule has 0 spiro atoms. The van der Waals surface area contributed by atoms with Crippen molar-refractivity contribution in [1.82, 2.24) is 24.8 Å². The molecule has 1 aliphatic heterocycles. The molecular formula is C19H21N5O. The van der Waals surface area contributed by atoms with E-state index in [1.54, 1.807) is 12.4 Å². The van der Waals surface area contributed by atoms with Crippen LogP contribution >= 0.6 is 0 Å². The number of hydrogen-bond acceptors (Lipinski definition) is 5. The van der Waals surface area contributed by atoms with Crippen molar-refractivity contribution in [2.45, 2.75) is 25.3 Å². The quantitative estimate of drug-likeness (QED) is 0.774. The Bertz CT molecular complexity index is 791. The number of imidazole rings is 1. The van der Waals surface area contributed by atoms with Gasteiger partial charge in [-0.2, -0.15) is 0 Å². The van der Waals surface area contributed by atoms with E-state index in [4.69, 9.17) is 4.74 Å². The number of para-hydroxylation sites is 1. The summed E-state index contributed by atoms with van der Waals surface area (Å²) in [4.78, 5) is 18.9. The molecule has 1 unspecified atom stereocenters. The fourth-order valence-electron chi connectivity index (χ4n) is 3.25. The second-order valence-electron chi connectivity index (χ2n) is 6.31. The molecule has 0 aliphatic carbocycles. The second kappa shape index (κ2) is 7.44. The lowest BCUT2D eigenvalue weighted by Crippen LogP contribution is -2.34. The second-order valence-corrected chi connectivity index (χ2v) is 6.31. The van der Waals surface area contributed by atoms with Gasteiger partial charge in [-0.1, -0.05) is 18.2 Å². The molecule has 2 aromatic heterocycles. The standard InChI is InChI=1S/C19H21N5O/c1-2-6-16(7-3-1)25-19-12-20-11-17(23-19)15-5-4-10-24(13-15)14-18-21-8-9-22-18/h1-3,6-9,11-12,15H,4-5,10,13-14H2,(H,21,22). The van der Waals surface area contributed by atoms with Gasteiger partial charge in [0, 0.05) is 31.1 Å². The summed E-state index contributed by atoms with van der Waals surface area (Å²) in [6.45, 7) is 2.89. The molecule has 6 nitrogen and oxygen atoms in total. The van der Waals surface area contributed by atoms with Gasteiger partial charge in [0.15, 0.2) is 0 Å². The van der Waals surface area contributed by atoms with Crippen LogP contribution in [0, 0.1) is 0 Å². The number of nitrogens with zero attached hydrogens (tertiary/aromatic N) is 4. The zero-order valence-electron chi connectivity index (χ0n) is 14.0. The fourth-order valence-corrected chi connectivity index (χ4v) is 3.25. The normalized spacial score (nSPS) is 18.2. The molecule has 0 radical (unpaired) electrons. The molecule has 128 valence electrons. The minimum atomic E-state index is 0.371. The number of benzene rings is 1. The largest absolute Gasteiger partial charge is 0.437 e. The van der Waals surface area contributed by atoms with Gasteiger partial charge < -0.3 is 9.72 Å². The first-order valence-electron chi connectivity index (χ1n) is 8.62. The number of aromatic amines is 1. The number of likely N-dealkylation sites (tertiary alicyclic amines) is 1. The molecule has 0 saturated carbocycles. The first kappa shape index (κ1) is 15.8. The summed E-state index contributed by atoms with van der Waals surface area (Å²) in [5, 5.41) is 0. The van der Waals surface area contributed by atoms with E-state index in [0.717, 1.165) is 49.7 Å². The maximum atomic E-state index is 5.82. The highest BCUT2D eigenvalue weighted by molar-refractivity contribution is 5.26. The first-order chi connectivity index (χ1) is 12.4. The Morgan fingerprint density at radius 2 is 2.12 bits per heavy atom. The molecule has 1 atom stereocenters. The van der Waals surface area contributed by atoms with Crippen LogP contribution in [0.5, 0.6) is 11.6 Å². The molecule has 3 heterocycles. The monoisotopic (exact) mass is 335 g/mol. The predicted molar refractivity (Wildman–Crippen MR) is 94.4 cm³/mol. The summed E-state index contributed by atoms with van der Waals surface area (Å²) in [5.41, 5.74) is 0.998. The van der Waals surface area contributed by atoms with Gasteiger partial charge >= 0.3 is 0 Å². The van der Waals surface area contributed by atoms with E-state index >= 15 is 0 Å². The molecule has 0 amide bonds. The third-order valence-corrected chi connectivity index (χ3v) is 4.45. The predicted octanol–water partition coefficient (Wildman–Crippen LogP) is 3.37. The number of nitrogens with one attached hydrogen (secondary N) is 1. The van der Waals surface area contributed by atoms with Crippen molar-refractivity contribution >= 4 is 0 Å². The Balaban J connectivity index is 1.44. The number of piperidine rings is 1. The van der Waals surface area contributed by atoms with Crippen LogP contribution in [0.2, 0.25) is 0 Å². The van der Waals surface area contributed by atoms with Crippen LogP contribution in [0.15, 0.2) is 55.1 Å². The molecule has 3 aromatic rings. The van der Waals surface area contributed by atoms with Crippen LogP contribution in [-0.4, -0.2) is 37.9 Å². The molecule has 1 saturated heterocycles. The Hall–Kier alpha value is -2.73. The minimum Gasteiger partial charge on any atom is -0.437 e. The van der Waals surface area contributed by atoms with E-state index in [0.29, 0.717) is 11.8 Å². The van der Waals surface area contributed by atoms with Gasteiger partial charge in [-0.05, 0) is 31.5 Å². The highest BCUT2D eigenvalue weighted by Gasteiger charge is 2.23. The van der Waals surface area contributed by atoms with Gasteiger partial charge in [-0.15, -0.1) is 0 Å². The number of ether oxygens (including phenoxy) is 1. The molecule has 6 heteroatoms. The topological polar surface area (TPSA) is 66.9 Å². The number of hydrogen-bond donors (Lipinski definition) is 1. The molecule has 1 N–H and O–H groups in total. The SMILES string of the molecule is c1ccc(Oc2cncc(C3CCCN(Cc4ncc[nH]4)C3)n2)cc1. The van der Waals surface area contributed by atoms with Gasteiger partial charge in [-0.25, -0.2) is 9.97 Å². The van der Waals surface area contributed by atoms with Crippen molar-refractivity contribution in [2.24, 2.45) is 0 Å². The van der Waals surface area contributed by atoms with Gasteiger partial charge in [0.1, 0.15) is 11.6 Å². The van der Waals surface area contributed by atoms with Crippen LogP contribution in [0.4, 0.5) is 0 Å². The average molecular weight is 335 g/mol. The maximum Gasteiger partial charge on any atom is 0.238 e. The van der Waals surface area contributed by atoms with Gasteiger partial charge in [0.05, 0.1) is 18.4 Å². The zero-order chi connectivity index (χ0) is 16.9. The van der Waals surface area contributed by atoms with Crippen LogP contribution in [0.25, 0.3) is 0 Å². The summed E-state index contributed by atoms with van der Waals surface area (Å²) >= 11 is 0. The van der Waals surface area contributed by atoms with Crippen molar-refractivity contribution < 1.29 is 4.74 Å². The maximum absolute atomic E-state index is 5.82. The number of H-pyrrole nitrogens is 1. The number of rotatable bonds is 5. The van der Waals surface area contributed by atoms with Crippen molar-refractivity contribution in [3.8, 4) is 11.6 Å². The van der Waals surface area contributed by atoms with E-state index in [1.165, 1.54) is 0 Å². The average Bonchev–Trinajstić information content (AvgIpc) is 3.16. The van der Waals surface area contributed by atoms with Gasteiger partial charge in [0.2, 0.25) is 5.88 Å². The van der Waals surface area contributed by atoms with Gasteiger partial charge in [-0.3, -0.25) is 9.88 Å². The highest BCUT2D eigenvalue weighted by Crippen LogP contribution is 2.27. The lowest BCUT2D eigenvalue weighted by Gasteiger charge is -2.31. The lowest BCUT2D eigenvalue weighted by molar-refractivity contribution is 0.194. The lowest BCUT2D eigenvalue weighted by atomic mass is 9.95. The van der Waals surface area contributed by atoms with E-state index < -0.39 is 0 Å². The molecule has 1 aliphatic rings. The van der Waals surface area contributed by atoms with E-state index in [2.05, 4.69) is 24.8 Å². The summed E-state index contributed by atoms with van der Waals surface area (Å²) in [5.74, 6) is 2.70. The highest BCUT2D eigenvalue weighted by atomic mass is 16.5. The van der Waals surface area contributed by atoms with Crippen LogP contribution in [-0.2, 0) is 6.54 Å². The first-order valence-corrected chi connectivity index (χ1v) is 8.62. The third-order valence-electron chi connectivity index (χ3n) is 4.45. The van der Waals surface area contributed by atoms with Crippen LogP contribution in [0.3, 0.4) is 0 Å². The summed E-state index contributed by atoms with van der Waals surface area (Å²) in [7, 11) is 0. The van der Waals surface area contributed by atoms with E-state index in [1.807, 2.05) is 42.7 Å². The number of aromatic nitrogens is 4. The molecule has 25 heavy (non-hydrogen) atoms. The minimum absolute atomic E-state index is 0.371. The third kappa shape index (κ3) is 4.03. The van der Waals surface area contributed by atoms with Crippen LogP contribution in [0.1, 0.15) is 30.3 Å². The summed E-state index contributed by atoms with van der Waals surface area (Å²) in [6, 6.07) is 9.69. The Labute approximate surface area is 146 Å². The molecule has 0 bridgehead atoms.